The zero-order chi connectivity index (χ0) is 33.6. The molecule has 0 fully saturated rings. The molecular weight excluding hydrogens is 568 g/mol. The van der Waals surface area contributed by atoms with E-state index in [1.807, 2.05) is 0 Å². The van der Waals surface area contributed by atoms with Gasteiger partial charge in [-0.1, -0.05) is 157 Å². The molecule has 0 spiro atoms. The first-order valence-electron chi connectivity index (χ1n) is 18.9. The van der Waals surface area contributed by atoms with Crippen LogP contribution < -0.4 is 0 Å². The average Bonchev–Trinajstić information content (AvgIpc) is 3.04. The number of allylic oxidation sites excluding steroid dienone is 12. The Morgan fingerprint density at radius 1 is 0.500 bits per heavy atom. The quantitative estimate of drug-likeness (QED) is 0.0441. The summed E-state index contributed by atoms with van der Waals surface area (Å²) in [6.45, 7) is 4.42. The minimum atomic E-state index is -0.723. The number of hydrogen-bond donors (Lipinski definition) is 1. The first-order chi connectivity index (χ1) is 22.6. The van der Waals surface area contributed by atoms with Crippen LogP contribution in [-0.2, 0) is 14.3 Å². The van der Waals surface area contributed by atoms with Gasteiger partial charge in [-0.3, -0.25) is 9.59 Å². The Hall–Kier alpha value is -2.62. The van der Waals surface area contributed by atoms with Gasteiger partial charge in [0.15, 0.2) is 0 Å². The first kappa shape index (κ1) is 43.4. The molecule has 0 saturated carbocycles. The summed E-state index contributed by atoms with van der Waals surface area (Å²) in [5.41, 5.74) is 0. The SMILES string of the molecule is CC/C=C\C/C=C\C/C=C\C/C=C\C/C=C\C/C=C\CCC(=O)OC(CCCCCCCCCCCC)CCCCCCC(=O)O. The predicted molar refractivity (Wildman–Crippen MR) is 199 cm³/mol. The van der Waals surface area contributed by atoms with Gasteiger partial charge in [0.25, 0.3) is 0 Å². The van der Waals surface area contributed by atoms with Crippen LogP contribution in [0.4, 0.5) is 0 Å². The zero-order valence-electron chi connectivity index (χ0n) is 29.9. The van der Waals surface area contributed by atoms with Crippen molar-refractivity contribution in [2.45, 2.75) is 180 Å². The summed E-state index contributed by atoms with van der Waals surface area (Å²) in [4.78, 5) is 23.3. The molecule has 0 aromatic heterocycles. The van der Waals surface area contributed by atoms with E-state index in [0.717, 1.165) is 83.5 Å². The maximum atomic E-state index is 12.6. The molecule has 0 heterocycles. The summed E-state index contributed by atoms with van der Waals surface area (Å²) in [7, 11) is 0. The van der Waals surface area contributed by atoms with Crippen molar-refractivity contribution in [1.29, 1.82) is 0 Å². The molecule has 0 bridgehead atoms. The van der Waals surface area contributed by atoms with Gasteiger partial charge in [0.2, 0.25) is 0 Å². The third-order valence-corrected chi connectivity index (χ3v) is 7.96. The molecule has 0 aliphatic rings. The van der Waals surface area contributed by atoms with E-state index in [1.165, 1.54) is 57.8 Å². The number of ether oxygens (including phenoxy) is 1. The summed E-state index contributed by atoms with van der Waals surface area (Å²) in [6.07, 6.45) is 52.0. The molecule has 0 aromatic rings. The molecule has 0 radical (unpaired) electrons. The molecule has 1 atom stereocenters. The van der Waals surface area contributed by atoms with Gasteiger partial charge in [-0.05, 0) is 77.0 Å². The molecule has 4 heteroatoms. The monoisotopic (exact) mass is 639 g/mol. The van der Waals surface area contributed by atoms with Crippen molar-refractivity contribution in [3.8, 4) is 0 Å². The first-order valence-corrected chi connectivity index (χ1v) is 18.9. The Kier molecular flexibility index (Phi) is 34.7. The van der Waals surface area contributed by atoms with E-state index in [4.69, 9.17) is 9.84 Å². The fourth-order valence-corrected chi connectivity index (χ4v) is 5.21. The highest BCUT2D eigenvalue weighted by Gasteiger charge is 2.14. The molecule has 4 nitrogen and oxygen atoms in total. The van der Waals surface area contributed by atoms with Crippen molar-refractivity contribution in [1.82, 2.24) is 0 Å². The van der Waals surface area contributed by atoms with Crippen LogP contribution in [0, 0.1) is 0 Å². The maximum absolute atomic E-state index is 12.6. The Bertz CT molecular complexity index is 861. The Labute approximate surface area is 284 Å². The molecule has 262 valence electrons. The van der Waals surface area contributed by atoms with Gasteiger partial charge >= 0.3 is 11.9 Å². The van der Waals surface area contributed by atoms with E-state index in [9.17, 15) is 9.59 Å². The van der Waals surface area contributed by atoms with Crippen LogP contribution >= 0.6 is 0 Å². The summed E-state index contributed by atoms with van der Waals surface area (Å²) < 4.78 is 5.92. The second-order valence-corrected chi connectivity index (χ2v) is 12.4. The standard InChI is InChI=1S/C42H70O4/c1-3-5-7-9-11-13-15-16-17-18-19-20-21-22-23-25-27-29-35-39-42(45)46-40(37-33-30-31-34-38-41(43)44)36-32-28-26-24-14-12-10-8-6-4-2/h5,7,11,13,16-17,19-20,22-23,27,29,40H,3-4,6,8-10,12,14-15,18,21,24-26,28,30-39H2,1-2H3,(H,43,44)/b7-5-,13-11-,17-16-,20-19-,23-22-,29-27-. The lowest BCUT2D eigenvalue weighted by molar-refractivity contribution is -0.149. The largest absolute Gasteiger partial charge is 0.481 e. The van der Waals surface area contributed by atoms with Crippen LogP contribution in [-0.4, -0.2) is 23.1 Å². The van der Waals surface area contributed by atoms with E-state index in [-0.39, 0.29) is 18.5 Å². The van der Waals surface area contributed by atoms with E-state index in [2.05, 4.69) is 86.8 Å². The fraction of sp³-hybridized carbons (Fsp3) is 0.667. The maximum Gasteiger partial charge on any atom is 0.306 e. The van der Waals surface area contributed by atoms with Gasteiger partial charge in [0.05, 0.1) is 0 Å². The van der Waals surface area contributed by atoms with Crippen LogP contribution in [0.3, 0.4) is 0 Å². The second kappa shape index (κ2) is 36.8. The molecule has 0 aliphatic heterocycles. The lowest BCUT2D eigenvalue weighted by Crippen LogP contribution is -2.18. The van der Waals surface area contributed by atoms with Crippen LogP contribution in [0.1, 0.15) is 174 Å². The van der Waals surface area contributed by atoms with E-state index >= 15 is 0 Å². The number of carboxylic acids is 1. The van der Waals surface area contributed by atoms with Gasteiger partial charge in [-0.25, -0.2) is 0 Å². The molecule has 0 amide bonds. The molecule has 1 N–H and O–H groups in total. The lowest BCUT2D eigenvalue weighted by atomic mass is 10.0. The van der Waals surface area contributed by atoms with E-state index in [1.54, 1.807) is 0 Å². The van der Waals surface area contributed by atoms with Crippen molar-refractivity contribution in [2.24, 2.45) is 0 Å². The minimum Gasteiger partial charge on any atom is -0.481 e. The highest BCUT2D eigenvalue weighted by molar-refractivity contribution is 5.69. The average molecular weight is 639 g/mol. The van der Waals surface area contributed by atoms with Gasteiger partial charge in [-0.15, -0.1) is 0 Å². The molecule has 0 saturated heterocycles. The van der Waals surface area contributed by atoms with Crippen molar-refractivity contribution in [3.05, 3.63) is 72.9 Å². The minimum absolute atomic E-state index is 0.00806. The number of aliphatic carboxylic acids is 1. The molecular formula is C42H70O4. The summed E-state index contributed by atoms with van der Waals surface area (Å²) in [5.74, 6) is -0.817. The van der Waals surface area contributed by atoms with Crippen molar-refractivity contribution in [3.63, 3.8) is 0 Å². The smallest absolute Gasteiger partial charge is 0.306 e. The molecule has 1 unspecified atom stereocenters. The molecule has 0 aliphatic carbocycles. The van der Waals surface area contributed by atoms with Crippen molar-refractivity contribution >= 4 is 11.9 Å². The number of carboxylic acid groups (broad SMARTS) is 1. The zero-order valence-corrected chi connectivity index (χ0v) is 29.9. The van der Waals surface area contributed by atoms with E-state index in [0.29, 0.717) is 12.8 Å². The number of unbranched alkanes of at least 4 members (excludes halogenated alkanes) is 12. The molecule has 0 rings (SSSR count). The number of rotatable bonds is 33. The van der Waals surface area contributed by atoms with Crippen LogP contribution in [0.15, 0.2) is 72.9 Å². The highest BCUT2D eigenvalue weighted by Crippen LogP contribution is 2.18. The number of carbonyl (C=O) groups excluding carboxylic acids is 1. The van der Waals surface area contributed by atoms with Crippen LogP contribution in [0.2, 0.25) is 0 Å². The highest BCUT2D eigenvalue weighted by atomic mass is 16.5. The number of carbonyl (C=O) groups is 2. The number of esters is 1. The molecule has 46 heavy (non-hydrogen) atoms. The Balaban J connectivity index is 4.15. The molecule has 0 aromatic carbocycles. The normalized spacial score (nSPS) is 13.1. The number of hydrogen-bond acceptors (Lipinski definition) is 3. The Morgan fingerprint density at radius 3 is 1.33 bits per heavy atom. The lowest BCUT2D eigenvalue weighted by Gasteiger charge is -2.18. The van der Waals surface area contributed by atoms with Gasteiger partial charge in [-0.2, -0.15) is 0 Å². The van der Waals surface area contributed by atoms with E-state index < -0.39 is 5.97 Å². The third kappa shape index (κ3) is 35.9. The topological polar surface area (TPSA) is 63.6 Å². The van der Waals surface area contributed by atoms with Crippen molar-refractivity contribution in [2.75, 3.05) is 0 Å². The third-order valence-electron chi connectivity index (χ3n) is 7.96. The van der Waals surface area contributed by atoms with Gasteiger partial charge < -0.3 is 9.84 Å². The van der Waals surface area contributed by atoms with Crippen molar-refractivity contribution < 1.29 is 19.4 Å². The van der Waals surface area contributed by atoms with Crippen LogP contribution in [0.25, 0.3) is 0 Å². The summed E-state index contributed by atoms with van der Waals surface area (Å²) in [6, 6.07) is 0. The van der Waals surface area contributed by atoms with Gasteiger partial charge in [0.1, 0.15) is 6.10 Å². The fourth-order valence-electron chi connectivity index (χ4n) is 5.21. The summed E-state index contributed by atoms with van der Waals surface area (Å²) >= 11 is 0. The predicted octanol–water partition coefficient (Wildman–Crippen LogP) is 13.1. The Morgan fingerprint density at radius 2 is 0.891 bits per heavy atom. The summed E-state index contributed by atoms with van der Waals surface area (Å²) in [5, 5.41) is 8.83. The van der Waals surface area contributed by atoms with Gasteiger partial charge in [0, 0.05) is 12.8 Å². The second-order valence-electron chi connectivity index (χ2n) is 12.4. The van der Waals surface area contributed by atoms with Crippen LogP contribution in [0.5, 0.6) is 0 Å².